The van der Waals surface area contributed by atoms with Crippen molar-refractivity contribution < 1.29 is 0 Å². The Kier molecular flexibility index (Phi) is 4.83. The molecule has 0 bridgehead atoms. The number of fused-ring (bicyclic) bond motifs is 1. The molecule has 0 radical (unpaired) electrons. The number of nitrogen functional groups attached to an aromatic ring is 1. The molecule has 3 heterocycles. The van der Waals surface area contributed by atoms with Crippen LogP contribution in [0.1, 0.15) is 30.8 Å². The van der Waals surface area contributed by atoms with E-state index in [2.05, 4.69) is 24.8 Å². The summed E-state index contributed by atoms with van der Waals surface area (Å²) in [4.78, 5) is 24.8. The van der Waals surface area contributed by atoms with E-state index in [0.717, 1.165) is 34.8 Å². The van der Waals surface area contributed by atoms with Crippen LogP contribution < -0.4 is 10.6 Å². The standard InChI is InChI=1S/C18H21N7S/c1-12-16(21-14-8-4-3-7-13(14)20-12)26-11-15-22-17(19)24-18(23-15)25-9-5-2-6-10-25/h3-4,7-8H,2,5-6,9-11H2,1H3,(H2,19,22,23,24). The zero-order valence-electron chi connectivity index (χ0n) is 14.7. The SMILES string of the molecule is Cc1nc2ccccc2nc1SCc1nc(N)nc(N2CCCCC2)n1. The predicted molar refractivity (Wildman–Crippen MR) is 104 cm³/mol. The first kappa shape index (κ1) is 17.0. The Morgan fingerprint density at radius 1 is 0.962 bits per heavy atom. The highest BCUT2D eigenvalue weighted by Crippen LogP contribution is 2.25. The van der Waals surface area contributed by atoms with Crippen LogP contribution in [0.25, 0.3) is 11.0 Å². The van der Waals surface area contributed by atoms with Gasteiger partial charge >= 0.3 is 0 Å². The maximum Gasteiger partial charge on any atom is 0.230 e. The third-order valence-electron chi connectivity index (χ3n) is 4.37. The number of para-hydroxylation sites is 2. The number of anilines is 2. The average Bonchev–Trinajstić information content (AvgIpc) is 2.66. The summed E-state index contributed by atoms with van der Waals surface area (Å²) in [6.07, 6.45) is 3.60. The topological polar surface area (TPSA) is 93.7 Å². The van der Waals surface area contributed by atoms with E-state index in [1.165, 1.54) is 19.3 Å². The van der Waals surface area contributed by atoms with Crippen molar-refractivity contribution in [1.29, 1.82) is 0 Å². The van der Waals surface area contributed by atoms with Crippen LogP contribution in [0, 0.1) is 6.92 Å². The van der Waals surface area contributed by atoms with E-state index in [1.807, 2.05) is 31.2 Å². The van der Waals surface area contributed by atoms with Crippen LogP contribution in [-0.4, -0.2) is 38.0 Å². The number of benzene rings is 1. The van der Waals surface area contributed by atoms with Gasteiger partial charge in [0.1, 0.15) is 10.9 Å². The number of aromatic nitrogens is 5. The molecule has 1 aromatic carbocycles. The number of hydrogen-bond donors (Lipinski definition) is 1. The monoisotopic (exact) mass is 367 g/mol. The van der Waals surface area contributed by atoms with E-state index in [0.29, 0.717) is 17.5 Å². The third-order valence-corrected chi connectivity index (χ3v) is 5.43. The number of thioether (sulfide) groups is 1. The van der Waals surface area contributed by atoms with Gasteiger partial charge < -0.3 is 10.6 Å². The summed E-state index contributed by atoms with van der Waals surface area (Å²) in [7, 11) is 0. The van der Waals surface area contributed by atoms with Crippen molar-refractivity contribution in [3.63, 3.8) is 0 Å². The minimum absolute atomic E-state index is 0.275. The molecule has 3 aromatic rings. The van der Waals surface area contributed by atoms with Crippen LogP contribution in [-0.2, 0) is 5.75 Å². The van der Waals surface area contributed by atoms with Gasteiger partial charge in [-0.1, -0.05) is 23.9 Å². The summed E-state index contributed by atoms with van der Waals surface area (Å²) >= 11 is 1.58. The minimum Gasteiger partial charge on any atom is -0.368 e. The van der Waals surface area contributed by atoms with Crippen molar-refractivity contribution in [3.05, 3.63) is 35.8 Å². The Labute approximate surface area is 156 Å². The first-order valence-electron chi connectivity index (χ1n) is 8.80. The zero-order valence-corrected chi connectivity index (χ0v) is 15.5. The first-order chi connectivity index (χ1) is 12.7. The summed E-state index contributed by atoms with van der Waals surface area (Å²) < 4.78 is 0. The largest absolute Gasteiger partial charge is 0.368 e. The number of nitrogens with zero attached hydrogens (tertiary/aromatic N) is 6. The Hall–Kier alpha value is -2.48. The quantitative estimate of drug-likeness (QED) is 0.703. The van der Waals surface area contributed by atoms with E-state index in [4.69, 9.17) is 10.7 Å². The van der Waals surface area contributed by atoms with Crippen LogP contribution in [0.15, 0.2) is 29.3 Å². The van der Waals surface area contributed by atoms with E-state index in [9.17, 15) is 0 Å². The van der Waals surface area contributed by atoms with Gasteiger partial charge in [-0.2, -0.15) is 15.0 Å². The highest BCUT2D eigenvalue weighted by atomic mass is 32.2. The van der Waals surface area contributed by atoms with Gasteiger partial charge in [-0.25, -0.2) is 9.97 Å². The first-order valence-corrected chi connectivity index (χ1v) is 9.79. The predicted octanol–water partition coefficient (Wildman–Crippen LogP) is 2.99. The summed E-state index contributed by atoms with van der Waals surface area (Å²) in [5.41, 5.74) is 8.62. The minimum atomic E-state index is 0.275. The lowest BCUT2D eigenvalue weighted by molar-refractivity contribution is 0.567. The van der Waals surface area contributed by atoms with Gasteiger partial charge in [0.25, 0.3) is 0 Å². The number of nitrogens with two attached hydrogens (primary N) is 1. The Balaban J connectivity index is 1.54. The van der Waals surface area contributed by atoms with Gasteiger partial charge in [-0.15, -0.1) is 0 Å². The number of aryl methyl sites for hydroxylation is 1. The van der Waals surface area contributed by atoms with Crippen molar-refractivity contribution in [2.24, 2.45) is 0 Å². The van der Waals surface area contributed by atoms with Crippen molar-refractivity contribution in [3.8, 4) is 0 Å². The Morgan fingerprint density at radius 3 is 2.46 bits per heavy atom. The fourth-order valence-electron chi connectivity index (χ4n) is 3.07. The molecule has 0 amide bonds. The average molecular weight is 367 g/mol. The van der Waals surface area contributed by atoms with Crippen LogP contribution in [0.2, 0.25) is 0 Å². The summed E-state index contributed by atoms with van der Waals surface area (Å²) in [5.74, 6) is 2.23. The molecule has 0 spiro atoms. The molecule has 4 rings (SSSR count). The smallest absolute Gasteiger partial charge is 0.230 e. The van der Waals surface area contributed by atoms with E-state index in [1.54, 1.807) is 11.8 Å². The molecule has 1 aliphatic rings. The molecular formula is C18H21N7S. The second-order valence-corrected chi connectivity index (χ2v) is 7.31. The lowest BCUT2D eigenvalue weighted by Gasteiger charge is -2.26. The van der Waals surface area contributed by atoms with Crippen LogP contribution in [0.4, 0.5) is 11.9 Å². The van der Waals surface area contributed by atoms with E-state index in [-0.39, 0.29) is 5.95 Å². The van der Waals surface area contributed by atoms with E-state index >= 15 is 0 Å². The second kappa shape index (κ2) is 7.41. The molecule has 1 saturated heterocycles. The van der Waals surface area contributed by atoms with Crippen molar-refractivity contribution >= 4 is 34.7 Å². The molecular weight excluding hydrogens is 346 g/mol. The van der Waals surface area contributed by atoms with E-state index < -0.39 is 0 Å². The molecule has 0 saturated carbocycles. The Bertz CT molecular complexity index is 925. The fourth-order valence-corrected chi connectivity index (χ4v) is 3.88. The lowest BCUT2D eigenvalue weighted by atomic mass is 10.1. The van der Waals surface area contributed by atoms with Gasteiger partial charge in [-0.05, 0) is 38.3 Å². The van der Waals surface area contributed by atoms with Crippen LogP contribution in [0.5, 0.6) is 0 Å². The molecule has 1 aliphatic heterocycles. The Morgan fingerprint density at radius 2 is 1.69 bits per heavy atom. The number of hydrogen-bond acceptors (Lipinski definition) is 8. The molecule has 1 fully saturated rings. The molecule has 26 heavy (non-hydrogen) atoms. The fraction of sp³-hybridized carbons (Fsp3) is 0.389. The zero-order chi connectivity index (χ0) is 17.9. The molecule has 0 aliphatic carbocycles. The lowest BCUT2D eigenvalue weighted by Crippen LogP contribution is -2.31. The van der Waals surface area contributed by atoms with Gasteiger partial charge in [0.15, 0.2) is 0 Å². The van der Waals surface area contributed by atoms with Crippen molar-refractivity contribution in [2.75, 3.05) is 23.7 Å². The number of rotatable bonds is 4. The van der Waals surface area contributed by atoms with Crippen LogP contribution in [0.3, 0.4) is 0 Å². The normalized spacial score (nSPS) is 14.7. The molecule has 2 aromatic heterocycles. The summed E-state index contributed by atoms with van der Waals surface area (Å²) in [5, 5.41) is 0.891. The summed E-state index contributed by atoms with van der Waals surface area (Å²) in [6, 6.07) is 7.89. The molecule has 7 nitrogen and oxygen atoms in total. The molecule has 0 unspecified atom stereocenters. The molecule has 134 valence electrons. The highest BCUT2D eigenvalue weighted by Gasteiger charge is 2.16. The maximum atomic E-state index is 5.91. The highest BCUT2D eigenvalue weighted by molar-refractivity contribution is 7.98. The van der Waals surface area contributed by atoms with Crippen LogP contribution >= 0.6 is 11.8 Å². The third kappa shape index (κ3) is 3.70. The van der Waals surface area contributed by atoms with Crippen molar-refractivity contribution in [1.82, 2.24) is 24.9 Å². The van der Waals surface area contributed by atoms with Gasteiger partial charge in [0.05, 0.1) is 22.5 Å². The number of piperidine rings is 1. The maximum absolute atomic E-state index is 5.91. The van der Waals surface area contributed by atoms with Gasteiger partial charge in [0, 0.05) is 13.1 Å². The van der Waals surface area contributed by atoms with Crippen molar-refractivity contribution in [2.45, 2.75) is 37.0 Å². The molecule has 8 heteroatoms. The summed E-state index contributed by atoms with van der Waals surface area (Å²) in [6.45, 7) is 3.93. The van der Waals surface area contributed by atoms with Gasteiger partial charge in [-0.3, -0.25) is 0 Å². The van der Waals surface area contributed by atoms with Gasteiger partial charge in [0.2, 0.25) is 11.9 Å². The molecule has 0 atom stereocenters. The second-order valence-electron chi connectivity index (χ2n) is 6.35. The molecule has 2 N–H and O–H groups in total.